The second-order valence-corrected chi connectivity index (χ2v) is 7.33. The zero-order valence-electron chi connectivity index (χ0n) is 11.5. The van der Waals surface area contributed by atoms with Gasteiger partial charge in [0.05, 0.1) is 15.1 Å². The molecule has 114 valence electrons. The van der Waals surface area contributed by atoms with Crippen LogP contribution in [0.5, 0.6) is 0 Å². The third kappa shape index (κ3) is 2.81. The van der Waals surface area contributed by atoms with E-state index >= 15 is 0 Å². The molecule has 22 heavy (non-hydrogen) atoms. The Morgan fingerprint density at radius 1 is 1.55 bits per heavy atom. The molecule has 7 nitrogen and oxygen atoms in total. The summed E-state index contributed by atoms with van der Waals surface area (Å²) in [6.07, 6.45) is 0.306. The average Bonchev–Trinajstić information content (AvgIpc) is 3.00. The number of amides is 1. The van der Waals surface area contributed by atoms with Gasteiger partial charge in [-0.2, -0.15) is 0 Å². The Balaban J connectivity index is 1.88. The first-order valence-corrected chi connectivity index (χ1v) is 8.16. The zero-order valence-corrected chi connectivity index (χ0v) is 13.1. The minimum absolute atomic E-state index is 0.0143. The van der Waals surface area contributed by atoms with Crippen LogP contribution < -0.4 is 4.90 Å². The van der Waals surface area contributed by atoms with Crippen molar-refractivity contribution in [2.45, 2.75) is 18.6 Å². The maximum atomic E-state index is 12.1. The van der Waals surface area contributed by atoms with Crippen molar-refractivity contribution in [2.24, 2.45) is 0 Å². The summed E-state index contributed by atoms with van der Waals surface area (Å²) in [6, 6.07) is 4.46. The van der Waals surface area contributed by atoms with Gasteiger partial charge in [-0.05, 0) is 6.07 Å². The number of anilines is 1. The van der Waals surface area contributed by atoms with E-state index in [9.17, 15) is 19.7 Å². The van der Waals surface area contributed by atoms with Gasteiger partial charge in [0.1, 0.15) is 0 Å². The van der Waals surface area contributed by atoms with E-state index < -0.39 is 4.92 Å². The van der Waals surface area contributed by atoms with Crippen molar-refractivity contribution >= 4 is 55.2 Å². The van der Waals surface area contributed by atoms with Crippen molar-refractivity contribution in [1.29, 1.82) is 0 Å². The highest BCUT2D eigenvalue weighted by molar-refractivity contribution is 8.14. The van der Waals surface area contributed by atoms with Crippen molar-refractivity contribution < 1.29 is 14.5 Å². The van der Waals surface area contributed by atoms with Gasteiger partial charge >= 0.3 is 0 Å². The molecule has 1 fully saturated rings. The highest BCUT2D eigenvalue weighted by Crippen LogP contribution is 2.35. The van der Waals surface area contributed by atoms with Crippen molar-refractivity contribution in [2.75, 3.05) is 11.4 Å². The van der Waals surface area contributed by atoms with Crippen LogP contribution in [0.4, 0.5) is 10.8 Å². The van der Waals surface area contributed by atoms with E-state index in [1.54, 1.807) is 11.0 Å². The molecule has 0 N–H and O–H groups in total. The van der Waals surface area contributed by atoms with Crippen molar-refractivity contribution in [1.82, 2.24) is 4.98 Å². The van der Waals surface area contributed by atoms with Crippen molar-refractivity contribution in [3.05, 3.63) is 28.3 Å². The maximum Gasteiger partial charge on any atom is 0.271 e. The van der Waals surface area contributed by atoms with E-state index in [0.29, 0.717) is 23.6 Å². The second-order valence-electron chi connectivity index (χ2n) is 4.85. The number of carbonyl (C=O) groups is 2. The van der Waals surface area contributed by atoms with Gasteiger partial charge in [-0.15, -0.1) is 0 Å². The standard InChI is InChI=1S/C13H11N3O4S2/c1-7(17)21-9-5-12(18)15(6-9)13-14-10-4-8(16(19)20)2-3-11(10)22-13/h2-4,9H,5-6H2,1H3. The van der Waals surface area contributed by atoms with E-state index in [1.807, 2.05) is 0 Å². The quantitative estimate of drug-likeness (QED) is 0.631. The number of benzene rings is 1. The van der Waals surface area contributed by atoms with Crippen LogP contribution in [-0.2, 0) is 9.59 Å². The zero-order chi connectivity index (χ0) is 15.9. The summed E-state index contributed by atoms with van der Waals surface area (Å²) in [7, 11) is 0. The lowest BCUT2D eigenvalue weighted by molar-refractivity contribution is -0.384. The molecule has 1 aliphatic rings. The van der Waals surface area contributed by atoms with Crippen molar-refractivity contribution in [3.63, 3.8) is 0 Å². The Kier molecular flexibility index (Phi) is 3.83. The number of nitro benzene ring substituents is 1. The Bertz CT molecular complexity index is 789. The average molecular weight is 337 g/mol. The lowest BCUT2D eigenvalue weighted by Crippen LogP contribution is -2.24. The Morgan fingerprint density at radius 2 is 2.32 bits per heavy atom. The van der Waals surface area contributed by atoms with Gasteiger partial charge in [-0.25, -0.2) is 4.98 Å². The Hall–Kier alpha value is -2.00. The van der Waals surface area contributed by atoms with Gasteiger partial charge in [0, 0.05) is 37.3 Å². The summed E-state index contributed by atoms with van der Waals surface area (Å²) in [5.74, 6) is -0.0766. The van der Waals surface area contributed by atoms with E-state index in [4.69, 9.17) is 0 Å². The van der Waals surface area contributed by atoms with Crippen LogP contribution in [0.25, 0.3) is 10.2 Å². The fraction of sp³-hybridized carbons (Fsp3) is 0.308. The number of aromatic nitrogens is 1. The number of nitro groups is 1. The number of non-ortho nitro benzene ring substituents is 1. The SMILES string of the molecule is CC(=O)SC1CC(=O)N(c2nc3cc([N+](=O)[O-])ccc3s2)C1. The molecule has 1 atom stereocenters. The monoisotopic (exact) mass is 337 g/mol. The van der Waals surface area contributed by atoms with Crippen LogP contribution in [0.1, 0.15) is 13.3 Å². The molecular weight excluding hydrogens is 326 g/mol. The number of nitrogens with zero attached hydrogens (tertiary/aromatic N) is 3. The minimum atomic E-state index is -0.473. The van der Waals surface area contributed by atoms with Crippen LogP contribution in [0.3, 0.4) is 0 Å². The molecule has 1 unspecified atom stereocenters. The van der Waals surface area contributed by atoms with E-state index in [0.717, 1.165) is 16.5 Å². The summed E-state index contributed by atoms with van der Waals surface area (Å²) in [6.45, 7) is 1.92. The first kappa shape index (κ1) is 14.9. The van der Waals surface area contributed by atoms with Crippen molar-refractivity contribution in [3.8, 4) is 0 Å². The molecule has 0 spiro atoms. The van der Waals surface area contributed by atoms with Gasteiger partial charge in [0.2, 0.25) is 5.91 Å². The van der Waals surface area contributed by atoms with Gasteiger partial charge in [0.15, 0.2) is 10.2 Å². The fourth-order valence-corrected chi connectivity index (χ4v) is 4.20. The largest absolute Gasteiger partial charge is 0.288 e. The molecule has 1 saturated heterocycles. The first-order valence-electron chi connectivity index (χ1n) is 6.46. The molecule has 1 aromatic heterocycles. The molecule has 9 heteroatoms. The van der Waals surface area contributed by atoms with Gasteiger partial charge in [0.25, 0.3) is 5.69 Å². The highest BCUT2D eigenvalue weighted by atomic mass is 32.2. The molecular formula is C13H11N3O4S2. The molecule has 0 aliphatic carbocycles. The van der Waals surface area contributed by atoms with E-state index in [1.165, 1.54) is 30.4 Å². The molecule has 3 rings (SSSR count). The lowest BCUT2D eigenvalue weighted by Gasteiger charge is -2.11. The summed E-state index contributed by atoms with van der Waals surface area (Å²) in [5.41, 5.74) is 0.479. The van der Waals surface area contributed by atoms with Crippen LogP contribution >= 0.6 is 23.1 Å². The maximum absolute atomic E-state index is 12.1. The van der Waals surface area contributed by atoms with Crippen LogP contribution in [0.2, 0.25) is 0 Å². The molecule has 0 saturated carbocycles. The third-order valence-corrected chi connectivity index (χ3v) is 5.26. The highest BCUT2D eigenvalue weighted by Gasteiger charge is 2.33. The predicted molar refractivity (Wildman–Crippen MR) is 85.3 cm³/mol. The number of thiazole rings is 1. The molecule has 1 aliphatic heterocycles. The predicted octanol–water partition coefficient (Wildman–Crippen LogP) is 2.59. The molecule has 2 heterocycles. The molecule has 2 aromatic rings. The fourth-order valence-electron chi connectivity index (χ4n) is 2.31. The normalized spacial score (nSPS) is 18.1. The summed E-state index contributed by atoms with van der Waals surface area (Å²) < 4.78 is 0.788. The first-order chi connectivity index (χ1) is 10.4. The van der Waals surface area contributed by atoms with E-state index in [2.05, 4.69) is 4.98 Å². The topological polar surface area (TPSA) is 93.4 Å². The summed E-state index contributed by atoms with van der Waals surface area (Å²) in [4.78, 5) is 39.4. The number of carbonyl (C=O) groups excluding carboxylic acids is 2. The number of thioether (sulfide) groups is 1. The second kappa shape index (κ2) is 5.65. The minimum Gasteiger partial charge on any atom is -0.288 e. The molecule has 1 amide bonds. The summed E-state index contributed by atoms with van der Waals surface area (Å²) in [5, 5.41) is 11.2. The number of fused-ring (bicyclic) bond motifs is 1. The number of hydrogen-bond acceptors (Lipinski definition) is 7. The Morgan fingerprint density at radius 3 is 3.00 bits per heavy atom. The number of rotatable bonds is 3. The van der Waals surface area contributed by atoms with Crippen LogP contribution in [-0.4, -0.2) is 32.7 Å². The Labute approximate surface area is 133 Å². The molecule has 0 bridgehead atoms. The van der Waals surface area contributed by atoms with Crippen LogP contribution in [0, 0.1) is 10.1 Å². The lowest BCUT2D eigenvalue weighted by atomic mass is 10.3. The molecule has 1 aromatic carbocycles. The number of hydrogen-bond donors (Lipinski definition) is 0. The van der Waals surface area contributed by atoms with E-state index in [-0.39, 0.29) is 22.0 Å². The van der Waals surface area contributed by atoms with Gasteiger partial charge in [-0.1, -0.05) is 23.1 Å². The molecule has 0 radical (unpaired) electrons. The van der Waals surface area contributed by atoms with Gasteiger partial charge in [-0.3, -0.25) is 24.6 Å². The van der Waals surface area contributed by atoms with Gasteiger partial charge < -0.3 is 0 Å². The smallest absolute Gasteiger partial charge is 0.271 e. The third-order valence-electron chi connectivity index (χ3n) is 3.22. The van der Waals surface area contributed by atoms with Crippen LogP contribution in [0.15, 0.2) is 18.2 Å². The summed E-state index contributed by atoms with van der Waals surface area (Å²) >= 11 is 2.48.